The van der Waals surface area contributed by atoms with E-state index in [9.17, 15) is 14.0 Å². The lowest BCUT2D eigenvalue weighted by Gasteiger charge is -2.18. The molecule has 2 aromatic rings. The zero-order valence-corrected chi connectivity index (χ0v) is 15.0. The molecule has 2 rings (SSSR count). The van der Waals surface area contributed by atoms with Gasteiger partial charge in [-0.2, -0.15) is 0 Å². The molecule has 2 amide bonds. The molecule has 0 bridgehead atoms. The number of amides is 2. The fourth-order valence-electron chi connectivity index (χ4n) is 2.49. The molecule has 0 aliphatic heterocycles. The first-order valence-corrected chi connectivity index (χ1v) is 8.06. The number of benzene rings is 2. The van der Waals surface area contributed by atoms with Crippen LogP contribution in [0, 0.1) is 5.82 Å². The highest BCUT2D eigenvalue weighted by Crippen LogP contribution is 2.27. The molecule has 2 N–H and O–H groups in total. The Morgan fingerprint density at radius 3 is 2.54 bits per heavy atom. The van der Waals surface area contributed by atoms with Crippen molar-refractivity contribution in [1.82, 2.24) is 4.90 Å². The monoisotopic (exact) mass is 359 g/mol. The van der Waals surface area contributed by atoms with Gasteiger partial charge in [-0.25, -0.2) is 4.39 Å². The predicted molar refractivity (Wildman–Crippen MR) is 98.7 cm³/mol. The van der Waals surface area contributed by atoms with Crippen LogP contribution in [0.25, 0.3) is 0 Å². The van der Waals surface area contributed by atoms with Gasteiger partial charge in [0.2, 0.25) is 11.8 Å². The minimum absolute atomic E-state index is 0.0713. The SMILES string of the molecule is COc1ccc(NC(C)=O)cc1NC(=O)CN(C)Cc1ccccc1F. The summed E-state index contributed by atoms with van der Waals surface area (Å²) in [5, 5.41) is 5.41. The third-order valence-corrected chi connectivity index (χ3v) is 3.61. The second-order valence-electron chi connectivity index (χ2n) is 5.91. The van der Waals surface area contributed by atoms with E-state index >= 15 is 0 Å². The normalized spacial score (nSPS) is 10.5. The summed E-state index contributed by atoms with van der Waals surface area (Å²) in [6.07, 6.45) is 0. The number of methoxy groups -OCH3 is 1. The number of hydrogen-bond acceptors (Lipinski definition) is 4. The van der Waals surface area contributed by atoms with Crippen molar-refractivity contribution in [3.05, 3.63) is 53.8 Å². The summed E-state index contributed by atoms with van der Waals surface area (Å²) >= 11 is 0. The molecule has 0 aliphatic carbocycles. The topological polar surface area (TPSA) is 70.7 Å². The van der Waals surface area contributed by atoms with Crippen LogP contribution in [-0.2, 0) is 16.1 Å². The van der Waals surface area contributed by atoms with Crippen molar-refractivity contribution in [3.63, 3.8) is 0 Å². The van der Waals surface area contributed by atoms with Gasteiger partial charge in [-0.1, -0.05) is 18.2 Å². The van der Waals surface area contributed by atoms with E-state index in [1.54, 1.807) is 48.3 Å². The van der Waals surface area contributed by atoms with Crippen LogP contribution in [0.3, 0.4) is 0 Å². The summed E-state index contributed by atoms with van der Waals surface area (Å²) in [7, 11) is 3.23. The van der Waals surface area contributed by atoms with Crippen LogP contribution in [0.2, 0.25) is 0 Å². The second-order valence-corrected chi connectivity index (χ2v) is 5.91. The number of halogens is 1. The van der Waals surface area contributed by atoms with Gasteiger partial charge in [0.15, 0.2) is 0 Å². The summed E-state index contributed by atoms with van der Waals surface area (Å²) in [5.41, 5.74) is 1.52. The van der Waals surface area contributed by atoms with Crippen LogP contribution in [0.5, 0.6) is 5.75 Å². The van der Waals surface area contributed by atoms with Gasteiger partial charge in [0.1, 0.15) is 11.6 Å². The van der Waals surface area contributed by atoms with E-state index in [1.807, 2.05) is 0 Å². The van der Waals surface area contributed by atoms with E-state index in [2.05, 4.69) is 10.6 Å². The Labute approximate surface area is 152 Å². The summed E-state index contributed by atoms with van der Waals surface area (Å²) < 4.78 is 18.9. The van der Waals surface area contributed by atoms with Crippen LogP contribution >= 0.6 is 0 Å². The van der Waals surface area contributed by atoms with Gasteiger partial charge in [0, 0.05) is 24.7 Å². The van der Waals surface area contributed by atoms with Crippen LogP contribution in [-0.4, -0.2) is 37.4 Å². The maximum absolute atomic E-state index is 13.7. The minimum Gasteiger partial charge on any atom is -0.495 e. The Bertz CT molecular complexity index is 795. The van der Waals surface area contributed by atoms with Gasteiger partial charge in [0.05, 0.1) is 19.3 Å². The molecule has 6 nitrogen and oxygen atoms in total. The molecule has 0 aromatic heterocycles. The summed E-state index contributed by atoms with van der Waals surface area (Å²) in [6, 6.07) is 11.4. The number of anilines is 2. The van der Waals surface area contributed by atoms with Gasteiger partial charge in [0.25, 0.3) is 0 Å². The van der Waals surface area contributed by atoms with Crippen LogP contribution < -0.4 is 15.4 Å². The maximum Gasteiger partial charge on any atom is 0.238 e. The number of likely N-dealkylation sites (N-methyl/N-ethyl adjacent to an activating group) is 1. The van der Waals surface area contributed by atoms with Crippen molar-refractivity contribution < 1.29 is 18.7 Å². The summed E-state index contributed by atoms with van der Waals surface area (Å²) in [6.45, 7) is 1.78. The van der Waals surface area contributed by atoms with Gasteiger partial charge < -0.3 is 15.4 Å². The molecule has 0 heterocycles. The van der Waals surface area contributed by atoms with E-state index in [4.69, 9.17) is 4.74 Å². The molecule has 0 radical (unpaired) electrons. The highest BCUT2D eigenvalue weighted by molar-refractivity contribution is 5.95. The number of rotatable bonds is 7. The first-order chi connectivity index (χ1) is 12.4. The number of carbonyl (C=O) groups excluding carboxylic acids is 2. The molecule has 0 spiro atoms. The van der Waals surface area contributed by atoms with Crippen LogP contribution in [0.15, 0.2) is 42.5 Å². The zero-order chi connectivity index (χ0) is 19.1. The van der Waals surface area contributed by atoms with Gasteiger partial charge in [-0.05, 0) is 31.3 Å². The third kappa shape index (κ3) is 5.56. The fourth-order valence-corrected chi connectivity index (χ4v) is 2.49. The molecule has 0 atom stereocenters. The minimum atomic E-state index is -0.301. The zero-order valence-electron chi connectivity index (χ0n) is 15.0. The molecule has 0 unspecified atom stereocenters. The lowest BCUT2D eigenvalue weighted by Crippen LogP contribution is -2.30. The van der Waals surface area contributed by atoms with Gasteiger partial charge >= 0.3 is 0 Å². The third-order valence-electron chi connectivity index (χ3n) is 3.61. The first-order valence-electron chi connectivity index (χ1n) is 8.06. The average Bonchev–Trinajstić information content (AvgIpc) is 2.56. The Morgan fingerprint density at radius 2 is 1.88 bits per heavy atom. The van der Waals surface area contributed by atoms with E-state index < -0.39 is 0 Å². The highest BCUT2D eigenvalue weighted by Gasteiger charge is 2.13. The quantitative estimate of drug-likeness (QED) is 0.798. The lowest BCUT2D eigenvalue weighted by atomic mass is 10.2. The fraction of sp³-hybridized carbons (Fsp3) is 0.263. The molecule has 2 aromatic carbocycles. The van der Waals surface area contributed by atoms with E-state index in [0.29, 0.717) is 29.2 Å². The van der Waals surface area contributed by atoms with E-state index in [-0.39, 0.29) is 24.2 Å². The molecule has 0 saturated heterocycles. The Balaban J connectivity index is 2.02. The lowest BCUT2D eigenvalue weighted by molar-refractivity contribution is -0.117. The van der Waals surface area contributed by atoms with Crippen LogP contribution in [0.1, 0.15) is 12.5 Å². The van der Waals surface area contributed by atoms with Crippen molar-refractivity contribution in [3.8, 4) is 5.75 Å². The molecular formula is C19H22FN3O3. The van der Waals surface area contributed by atoms with E-state index in [0.717, 1.165) is 0 Å². The number of carbonyl (C=O) groups is 2. The van der Waals surface area contributed by atoms with Crippen molar-refractivity contribution in [2.75, 3.05) is 31.3 Å². The van der Waals surface area contributed by atoms with Gasteiger partial charge in [-0.15, -0.1) is 0 Å². The molecule has 7 heteroatoms. The average molecular weight is 359 g/mol. The second kappa shape index (κ2) is 8.96. The molecule has 0 aliphatic rings. The Kier molecular flexibility index (Phi) is 6.68. The maximum atomic E-state index is 13.7. The molecule has 0 saturated carbocycles. The number of ether oxygens (including phenoxy) is 1. The Morgan fingerprint density at radius 1 is 1.15 bits per heavy atom. The van der Waals surface area contributed by atoms with Crippen molar-refractivity contribution in [2.45, 2.75) is 13.5 Å². The largest absolute Gasteiger partial charge is 0.495 e. The molecular weight excluding hydrogens is 337 g/mol. The van der Waals surface area contributed by atoms with Crippen molar-refractivity contribution in [2.24, 2.45) is 0 Å². The molecule has 0 fully saturated rings. The van der Waals surface area contributed by atoms with Gasteiger partial charge in [-0.3, -0.25) is 14.5 Å². The summed E-state index contributed by atoms with van der Waals surface area (Å²) in [5.74, 6) is -0.312. The smallest absolute Gasteiger partial charge is 0.238 e. The van der Waals surface area contributed by atoms with E-state index in [1.165, 1.54) is 20.1 Å². The molecule has 26 heavy (non-hydrogen) atoms. The molecule has 138 valence electrons. The predicted octanol–water partition coefficient (Wildman–Crippen LogP) is 2.86. The van der Waals surface area contributed by atoms with Crippen molar-refractivity contribution in [1.29, 1.82) is 0 Å². The number of hydrogen-bond donors (Lipinski definition) is 2. The van der Waals surface area contributed by atoms with Crippen molar-refractivity contribution >= 4 is 23.2 Å². The highest BCUT2D eigenvalue weighted by atomic mass is 19.1. The Hall–Kier alpha value is -2.93. The number of nitrogens with zero attached hydrogens (tertiary/aromatic N) is 1. The first kappa shape index (κ1) is 19.4. The standard InChI is InChI=1S/C19H22FN3O3/c1-13(24)21-15-8-9-18(26-3)17(10-15)22-19(25)12-23(2)11-14-6-4-5-7-16(14)20/h4-10H,11-12H2,1-3H3,(H,21,24)(H,22,25). The number of nitrogens with one attached hydrogen (secondary N) is 2. The summed E-state index contributed by atoms with van der Waals surface area (Å²) in [4.78, 5) is 25.2. The van der Waals surface area contributed by atoms with Crippen LogP contribution in [0.4, 0.5) is 15.8 Å².